The van der Waals surface area contributed by atoms with Crippen LogP contribution in [0.25, 0.3) is 0 Å². The highest BCUT2D eigenvalue weighted by Crippen LogP contribution is 2.20. The van der Waals surface area contributed by atoms with Gasteiger partial charge in [-0.15, -0.1) is 0 Å². The van der Waals surface area contributed by atoms with Gasteiger partial charge in [0.25, 0.3) is 5.69 Å². The number of nitrogens with zero attached hydrogens (tertiary/aromatic N) is 1. The Labute approximate surface area is 117 Å². The van der Waals surface area contributed by atoms with Crippen molar-refractivity contribution in [3.63, 3.8) is 0 Å². The molecule has 0 saturated carbocycles. The zero-order valence-electron chi connectivity index (χ0n) is 11.4. The SMILES string of the molecule is Cc1cc(C)cc(C(=O)Cc2ccccc2[N+](=O)[O-])c1. The monoisotopic (exact) mass is 269 g/mol. The molecular weight excluding hydrogens is 254 g/mol. The Bertz CT molecular complexity index is 657. The molecule has 0 fully saturated rings. The fourth-order valence-electron chi connectivity index (χ4n) is 2.25. The van der Waals surface area contributed by atoms with Crippen LogP contribution in [-0.4, -0.2) is 10.7 Å². The number of carbonyl (C=O) groups excluding carboxylic acids is 1. The summed E-state index contributed by atoms with van der Waals surface area (Å²) in [6.45, 7) is 3.85. The Morgan fingerprint density at radius 3 is 2.30 bits per heavy atom. The highest BCUT2D eigenvalue weighted by atomic mass is 16.6. The second kappa shape index (κ2) is 5.65. The second-order valence-electron chi connectivity index (χ2n) is 4.86. The quantitative estimate of drug-likeness (QED) is 0.483. The molecular formula is C16H15NO3. The van der Waals surface area contributed by atoms with Crippen molar-refractivity contribution in [2.24, 2.45) is 0 Å². The zero-order valence-corrected chi connectivity index (χ0v) is 11.4. The van der Waals surface area contributed by atoms with E-state index in [0.29, 0.717) is 11.1 Å². The van der Waals surface area contributed by atoms with E-state index in [4.69, 9.17) is 0 Å². The Kier molecular flexibility index (Phi) is 3.94. The molecule has 0 unspecified atom stereocenters. The molecule has 0 aliphatic carbocycles. The molecule has 0 spiro atoms. The van der Waals surface area contributed by atoms with Gasteiger partial charge in [0.15, 0.2) is 5.78 Å². The predicted molar refractivity (Wildman–Crippen MR) is 77.0 cm³/mol. The highest BCUT2D eigenvalue weighted by Gasteiger charge is 2.16. The molecule has 0 saturated heterocycles. The number of benzene rings is 2. The fourth-order valence-corrected chi connectivity index (χ4v) is 2.25. The Morgan fingerprint density at radius 1 is 1.10 bits per heavy atom. The van der Waals surface area contributed by atoms with Gasteiger partial charge in [-0.05, 0) is 26.0 Å². The van der Waals surface area contributed by atoms with Crippen LogP contribution in [0.5, 0.6) is 0 Å². The van der Waals surface area contributed by atoms with E-state index in [0.717, 1.165) is 11.1 Å². The maximum absolute atomic E-state index is 12.3. The van der Waals surface area contributed by atoms with Crippen molar-refractivity contribution in [2.45, 2.75) is 20.3 Å². The maximum atomic E-state index is 12.3. The number of carbonyl (C=O) groups is 1. The summed E-state index contributed by atoms with van der Waals surface area (Å²) in [5, 5.41) is 10.9. The molecule has 2 aromatic carbocycles. The van der Waals surface area contributed by atoms with Crippen molar-refractivity contribution in [2.75, 3.05) is 0 Å². The van der Waals surface area contributed by atoms with Crippen LogP contribution in [0.15, 0.2) is 42.5 Å². The molecule has 0 amide bonds. The molecule has 2 rings (SSSR count). The molecule has 4 heteroatoms. The Hall–Kier alpha value is -2.49. The first-order valence-electron chi connectivity index (χ1n) is 6.31. The van der Waals surface area contributed by atoms with Gasteiger partial charge in [0.05, 0.1) is 4.92 Å². The van der Waals surface area contributed by atoms with Crippen molar-refractivity contribution >= 4 is 11.5 Å². The number of hydrogen-bond donors (Lipinski definition) is 0. The summed E-state index contributed by atoms with van der Waals surface area (Å²) in [6.07, 6.45) is 0.0417. The molecule has 0 bridgehead atoms. The van der Waals surface area contributed by atoms with Crippen molar-refractivity contribution in [3.05, 3.63) is 74.8 Å². The van der Waals surface area contributed by atoms with Gasteiger partial charge in [-0.2, -0.15) is 0 Å². The first kappa shape index (κ1) is 13.9. The van der Waals surface area contributed by atoms with E-state index >= 15 is 0 Å². The Morgan fingerprint density at radius 2 is 1.70 bits per heavy atom. The predicted octanol–water partition coefficient (Wildman–Crippen LogP) is 3.64. The van der Waals surface area contributed by atoms with Crippen molar-refractivity contribution in [3.8, 4) is 0 Å². The molecule has 2 aromatic rings. The number of hydrogen-bond acceptors (Lipinski definition) is 3. The zero-order chi connectivity index (χ0) is 14.7. The molecule has 0 radical (unpaired) electrons. The van der Waals surface area contributed by atoms with E-state index in [2.05, 4.69) is 0 Å². The van der Waals surface area contributed by atoms with Crippen LogP contribution in [0.3, 0.4) is 0 Å². The number of para-hydroxylation sites is 1. The van der Waals surface area contributed by atoms with E-state index in [1.807, 2.05) is 32.0 Å². The fraction of sp³-hybridized carbons (Fsp3) is 0.188. The van der Waals surface area contributed by atoms with E-state index in [-0.39, 0.29) is 17.9 Å². The number of aryl methyl sites for hydroxylation is 2. The third kappa shape index (κ3) is 3.09. The van der Waals surface area contributed by atoms with Crippen LogP contribution in [0.4, 0.5) is 5.69 Å². The van der Waals surface area contributed by atoms with Gasteiger partial charge in [0, 0.05) is 23.6 Å². The van der Waals surface area contributed by atoms with Gasteiger partial charge in [-0.3, -0.25) is 14.9 Å². The molecule has 0 aliphatic rings. The smallest absolute Gasteiger partial charge is 0.273 e. The molecule has 0 heterocycles. The largest absolute Gasteiger partial charge is 0.294 e. The van der Waals surface area contributed by atoms with Gasteiger partial charge in [-0.25, -0.2) is 0 Å². The highest BCUT2D eigenvalue weighted by molar-refractivity contribution is 5.98. The molecule has 0 aliphatic heterocycles. The number of Topliss-reactive ketones (excluding diaryl/α,β-unsaturated/α-hetero) is 1. The lowest BCUT2D eigenvalue weighted by Crippen LogP contribution is -2.06. The summed E-state index contributed by atoms with van der Waals surface area (Å²) in [6, 6.07) is 12.0. The molecule has 0 aromatic heterocycles. The van der Waals surface area contributed by atoms with Crippen molar-refractivity contribution in [1.82, 2.24) is 0 Å². The Balaban J connectivity index is 2.30. The van der Waals surface area contributed by atoms with E-state index in [1.54, 1.807) is 18.2 Å². The summed E-state index contributed by atoms with van der Waals surface area (Å²) in [5.41, 5.74) is 3.05. The van der Waals surface area contributed by atoms with Crippen LogP contribution in [0.1, 0.15) is 27.0 Å². The summed E-state index contributed by atoms with van der Waals surface area (Å²) in [7, 11) is 0. The molecule has 4 nitrogen and oxygen atoms in total. The summed E-state index contributed by atoms with van der Waals surface area (Å²) in [5.74, 6) is -0.105. The van der Waals surface area contributed by atoms with E-state index in [1.165, 1.54) is 6.07 Å². The average molecular weight is 269 g/mol. The number of nitro benzene ring substituents is 1. The molecule has 0 N–H and O–H groups in total. The first-order chi connectivity index (χ1) is 9.47. The summed E-state index contributed by atoms with van der Waals surface area (Å²) < 4.78 is 0. The topological polar surface area (TPSA) is 60.2 Å². The second-order valence-corrected chi connectivity index (χ2v) is 4.86. The van der Waals surface area contributed by atoms with Gasteiger partial charge in [-0.1, -0.05) is 35.4 Å². The molecule has 20 heavy (non-hydrogen) atoms. The molecule has 0 atom stereocenters. The lowest BCUT2D eigenvalue weighted by Gasteiger charge is -2.05. The van der Waals surface area contributed by atoms with Gasteiger partial charge >= 0.3 is 0 Å². The van der Waals surface area contributed by atoms with Gasteiger partial charge in [0.2, 0.25) is 0 Å². The minimum Gasteiger partial charge on any atom is -0.294 e. The average Bonchev–Trinajstić information content (AvgIpc) is 2.37. The minimum atomic E-state index is -0.454. The minimum absolute atomic E-state index is 0.00905. The van der Waals surface area contributed by atoms with E-state index in [9.17, 15) is 14.9 Å². The number of nitro groups is 1. The normalized spacial score (nSPS) is 10.3. The lowest BCUT2D eigenvalue weighted by molar-refractivity contribution is -0.385. The van der Waals surface area contributed by atoms with Gasteiger partial charge < -0.3 is 0 Å². The van der Waals surface area contributed by atoms with Crippen LogP contribution in [0, 0.1) is 24.0 Å². The van der Waals surface area contributed by atoms with Crippen molar-refractivity contribution < 1.29 is 9.72 Å². The van der Waals surface area contributed by atoms with Crippen molar-refractivity contribution in [1.29, 1.82) is 0 Å². The number of rotatable bonds is 4. The van der Waals surface area contributed by atoms with Gasteiger partial charge in [0.1, 0.15) is 0 Å². The van der Waals surface area contributed by atoms with Crippen LogP contribution in [-0.2, 0) is 6.42 Å². The van der Waals surface area contributed by atoms with Crippen LogP contribution in [0.2, 0.25) is 0 Å². The maximum Gasteiger partial charge on any atom is 0.273 e. The molecule has 102 valence electrons. The van der Waals surface area contributed by atoms with Crippen LogP contribution < -0.4 is 0 Å². The summed E-state index contributed by atoms with van der Waals surface area (Å²) in [4.78, 5) is 22.8. The lowest BCUT2D eigenvalue weighted by atomic mass is 9.99. The third-order valence-corrected chi connectivity index (χ3v) is 3.08. The number of ketones is 1. The van der Waals surface area contributed by atoms with Crippen LogP contribution >= 0.6 is 0 Å². The summed E-state index contributed by atoms with van der Waals surface area (Å²) >= 11 is 0. The van der Waals surface area contributed by atoms with E-state index < -0.39 is 4.92 Å². The standard InChI is InChI=1S/C16H15NO3/c1-11-7-12(2)9-14(8-11)16(18)10-13-5-3-4-6-15(13)17(19)20/h3-9H,10H2,1-2H3. The third-order valence-electron chi connectivity index (χ3n) is 3.08. The first-order valence-corrected chi connectivity index (χ1v) is 6.31.